The monoisotopic (exact) mass is 408 g/mol. The fourth-order valence-corrected chi connectivity index (χ4v) is 0.960. The largest absolute Gasteiger partial charge is 1.00 e. The molecule has 0 spiro atoms. The Labute approximate surface area is 211 Å². The molecule has 0 aliphatic rings. The maximum atomic E-state index is 10.3. The standard InChI is InChI=1S/C6H8O7.C4H6O6.3Na/c7-3(8)1-6(13,5(11)12)2-4(9)10;5-1(3(7)8)2(6)4(9)10;;;/h13H,1-2H2,(H,7,8)(H,9,10)(H,11,12);1-2,5-6H,(H,7,8)(H,9,10);;;/q;;3*+1/p-3. The van der Waals surface area contributed by atoms with E-state index in [9.17, 15) is 39.3 Å². The number of aliphatic hydroxyl groups is 3. The van der Waals surface area contributed by atoms with Crippen LogP contribution >= 0.6 is 0 Å². The first kappa shape index (κ1) is 37.0. The van der Waals surface area contributed by atoms with Crippen LogP contribution in [0.3, 0.4) is 0 Å². The summed E-state index contributed by atoms with van der Waals surface area (Å²) < 4.78 is 0. The van der Waals surface area contributed by atoms with Crippen molar-refractivity contribution < 1.29 is 153 Å². The van der Waals surface area contributed by atoms with Gasteiger partial charge in [-0.15, -0.1) is 0 Å². The van der Waals surface area contributed by atoms with Gasteiger partial charge in [0.15, 0.2) is 5.60 Å². The second-order valence-electron chi connectivity index (χ2n) is 3.98. The summed E-state index contributed by atoms with van der Waals surface area (Å²) in [6, 6.07) is 0. The van der Waals surface area contributed by atoms with E-state index >= 15 is 0 Å². The molecule has 0 bridgehead atoms. The van der Waals surface area contributed by atoms with Crippen LogP contribution in [0.15, 0.2) is 0 Å². The summed E-state index contributed by atoms with van der Waals surface area (Å²) in [5.41, 5.74) is -2.80. The third-order valence-corrected chi connectivity index (χ3v) is 2.06. The van der Waals surface area contributed by atoms with Gasteiger partial charge < -0.3 is 55.2 Å². The molecule has 0 heterocycles. The average Bonchev–Trinajstić information content (AvgIpc) is 2.35. The Hall–Kier alpha value is 0.230. The third-order valence-electron chi connectivity index (χ3n) is 2.06. The van der Waals surface area contributed by atoms with Crippen molar-refractivity contribution in [2.24, 2.45) is 0 Å². The zero-order valence-electron chi connectivity index (χ0n) is 14.1. The van der Waals surface area contributed by atoms with Crippen LogP contribution in [-0.2, 0) is 24.0 Å². The molecule has 5 N–H and O–H groups in total. The van der Waals surface area contributed by atoms with E-state index in [4.69, 9.17) is 25.5 Å². The number of hydrogen-bond acceptors (Lipinski definition) is 11. The summed E-state index contributed by atoms with van der Waals surface area (Å²) in [7, 11) is 0. The van der Waals surface area contributed by atoms with Crippen LogP contribution in [0.2, 0.25) is 0 Å². The van der Waals surface area contributed by atoms with Gasteiger partial charge in [-0.05, 0) is 0 Å². The Morgan fingerprint density at radius 1 is 0.769 bits per heavy atom. The minimum Gasteiger partial charge on any atom is -0.550 e. The fourth-order valence-electron chi connectivity index (χ4n) is 0.960. The molecule has 0 aromatic heterocycles. The first-order valence-corrected chi connectivity index (χ1v) is 5.40. The van der Waals surface area contributed by atoms with Crippen molar-refractivity contribution >= 4 is 29.8 Å². The van der Waals surface area contributed by atoms with Crippen LogP contribution in [-0.4, -0.2) is 73.2 Å². The van der Waals surface area contributed by atoms with Gasteiger partial charge in [0.2, 0.25) is 0 Å². The van der Waals surface area contributed by atoms with E-state index in [1.165, 1.54) is 0 Å². The number of carboxylic acid groups (broad SMARTS) is 5. The number of rotatable bonds is 8. The van der Waals surface area contributed by atoms with Crippen molar-refractivity contribution in [3.05, 3.63) is 0 Å². The Kier molecular flexibility index (Phi) is 24.7. The minimum absolute atomic E-state index is 0. The van der Waals surface area contributed by atoms with Crippen molar-refractivity contribution in [3.63, 3.8) is 0 Å². The van der Waals surface area contributed by atoms with Crippen LogP contribution in [0.4, 0.5) is 0 Å². The number of carbonyl (C=O) groups is 5. The van der Waals surface area contributed by atoms with E-state index in [0.29, 0.717) is 0 Å². The molecule has 26 heavy (non-hydrogen) atoms. The van der Waals surface area contributed by atoms with Gasteiger partial charge in [-0.2, -0.15) is 0 Å². The van der Waals surface area contributed by atoms with Gasteiger partial charge in [-0.3, -0.25) is 4.79 Å². The van der Waals surface area contributed by atoms with Gasteiger partial charge in [-0.1, -0.05) is 0 Å². The first-order chi connectivity index (χ1) is 10.2. The van der Waals surface area contributed by atoms with E-state index in [1.54, 1.807) is 0 Å². The molecule has 16 heteroatoms. The first-order valence-electron chi connectivity index (χ1n) is 5.40. The van der Waals surface area contributed by atoms with E-state index in [-0.39, 0.29) is 88.7 Å². The van der Waals surface area contributed by atoms with Crippen LogP contribution in [0.25, 0.3) is 0 Å². The Balaban J connectivity index is -0.000000104. The van der Waals surface area contributed by atoms with Crippen molar-refractivity contribution in [1.29, 1.82) is 0 Å². The molecule has 0 aromatic carbocycles. The van der Waals surface area contributed by atoms with Crippen LogP contribution in [0.5, 0.6) is 0 Å². The van der Waals surface area contributed by atoms with Crippen molar-refractivity contribution in [2.75, 3.05) is 0 Å². The molecule has 0 aromatic rings. The molecule has 0 amide bonds. The number of carbonyl (C=O) groups excluding carboxylic acids is 3. The van der Waals surface area contributed by atoms with Gasteiger partial charge in [-0.25, -0.2) is 4.79 Å². The predicted molar refractivity (Wildman–Crippen MR) is 56.5 cm³/mol. The Morgan fingerprint density at radius 2 is 1.08 bits per heavy atom. The quantitative estimate of drug-likeness (QED) is 0.234. The summed E-state index contributed by atoms with van der Waals surface area (Å²) in [4.78, 5) is 49.6. The maximum Gasteiger partial charge on any atom is 1.00 e. The topological polar surface area (TPSA) is 256 Å². The zero-order chi connectivity index (χ0) is 19.0. The number of carboxylic acids is 5. The van der Waals surface area contributed by atoms with Gasteiger partial charge in [0.05, 0.1) is 18.4 Å². The van der Waals surface area contributed by atoms with Crippen molar-refractivity contribution in [3.8, 4) is 0 Å². The van der Waals surface area contributed by atoms with Crippen molar-refractivity contribution in [2.45, 2.75) is 30.7 Å². The van der Waals surface area contributed by atoms with Crippen LogP contribution in [0.1, 0.15) is 12.8 Å². The molecule has 0 saturated heterocycles. The van der Waals surface area contributed by atoms with Gasteiger partial charge in [0.1, 0.15) is 12.2 Å². The molecule has 132 valence electrons. The maximum absolute atomic E-state index is 10.3. The molecule has 3 atom stereocenters. The molecule has 13 nitrogen and oxygen atoms in total. The predicted octanol–water partition coefficient (Wildman–Crippen LogP) is -16.4. The third kappa shape index (κ3) is 16.4. The summed E-state index contributed by atoms with van der Waals surface area (Å²) in [5.74, 6) is -9.45. The second-order valence-corrected chi connectivity index (χ2v) is 3.98. The minimum atomic E-state index is -2.80. The SMILES string of the molecule is O=C([O-])C(O)C(O)C(=O)[O-].O=C([O-])CC(O)(CC(=O)O)C(=O)O.[Na+].[Na+].[Na+]. The molecular formula is C10H11Na3O13. The second kappa shape index (κ2) is 17.3. The smallest absolute Gasteiger partial charge is 0.550 e. The van der Waals surface area contributed by atoms with Crippen molar-refractivity contribution in [1.82, 2.24) is 0 Å². The summed E-state index contributed by atoms with van der Waals surface area (Å²) >= 11 is 0. The van der Waals surface area contributed by atoms with E-state index in [2.05, 4.69) is 0 Å². The molecule has 3 unspecified atom stereocenters. The molecule has 0 rings (SSSR count). The fraction of sp³-hybridized carbons (Fsp3) is 0.500. The Bertz CT molecular complexity index is 461. The normalized spacial score (nSPS) is 13.3. The zero-order valence-corrected chi connectivity index (χ0v) is 20.1. The summed E-state index contributed by atoms with van der Waals surface area (Å²) in [6.45, 7) is 0. The van der Waals surface area contributed by atoms with E-state index in [0.717, 1.165) is 0 Å². The van der Waals surface area contributed by atoms with Crippen LogP contribution < -0.4 is 104 Å². The summed E-state index contributed by atoms with van der Waals surface area (Å²) in [5, 5.41) is 71.2. The van der Waals surface area contributed by atoms with Crippen LogP contribution in [0, 0.1) is 0 Å². The number of aliphatic carboxylic acids is 5. The van der Waals surface area contributed by atoms with E-state index < -0.39 is 60.5 Å². The number of aliphatic hydroxyl groups excluding tert-OH is 2. The molecule has 0 aliphatic carbocycles. The van der Waals surface area contributed by atoms with Gasteiger partial charge >= 0.3 is 101 Å². The molecular weight excluding hydrogens is 397 g/mol. The average molecular weight is 408 g/mol. The number of hydrogen-bond donors (Lipinski definition) is 5. The molecule has 0 saturated carbocycles. The molecule has 0 radical (unpaired) electrons. The Morgan fingerprint density at radius 3 is 1.23 bits per heavy atom. The van der Waals surface area contributed by atoms with Gasteiger partial charge in [0.25, 0.3) is 0 Å². The van der Waals surface area contributed by atoms with Gasteiger partial charge in [0, 0.05) is 12.4 Å². The summed E-state index contributed by atoms with van der Waals surface area (Å²) in [6.07, 6.45) is -7.32. The van der Waals surface area contributed by atoms with E-state index in [1.807, 2.05) is 0 Å². The molecule has 0 fully saturated rings. The molecule has 0 aliphatic heterocycles.